The smallest absolute Gasteiger partial charge is 0.243 e. The van der Waals surface area contributed by atoms with E-state index in [1.54, 1.807) is 0 Å². The number of rotatable bonds is 7. The van der Waals surface area contributed by atoms with Gasteiger partial charge in [0.1, 0.15) is 0 Å². The Labute approximate surface area is 167 Å². The molecule has 0 bridgehead atoms. The zero-order valence-electron chi connectivity index (χ0n) is 15.2. The quantitative estimate of drug-likeness (QED) is 0.730. The summed E-state index contributed by atoms with van der Waals surface area (Å²) in [6.07, 6.45) is 2.65. The Morgan fingerprint density at radius 2 is 1.81 bits per heavy atom. The van der Waals surface area contributed by atoms with Crippen LogP contribution < -0.4 is 5.32 Å². The predicted octanol–water partition coefficient (Wildman–Crippen LogP) is 2.37. The summed E-state index contributed by atoms with van der Waals surface area (Å²) in [6, 6.07) is 6.15. The second-order valence-corrected chi connectivity index (χ2v) is 8.76. The van der Waals surface area contributed by atoms with Crippen LogP contribution in [0.5, 0.6) is 0 Å². The number of nitrogens with one attached hydrogen (secondary N) is 1. The van der Waals surface area contributed by atoms with Crippen LogP contribution in [-0.2, 0) is 14.8 Å². The number of benzene rings is 1. The minimum Gasteiger partial charge on any atom is -0.338 e. The Morgan fingerprint density at radius 1 is 1.23 bits per heavy atom. The summed E-state index contributed by atoms with van der Waals surface area (Å²) in [5.41, 5.74) is 0. The number of amides is 1. The van der Waals surface area contributed by atoms with Gasteiger partial charge in [0.15, 0.2) is 0 Å². The van der Waals surface area contributed by atoms with Gasteiger partial charge in [0.25, 0.3) is 0 Å². The van der Waals surface area contributed by atoms with Crippen molar-refractivity contribution in [3.05, 3.63) is 29.3 Å². The van der Waals surface area contributed by atoms with Gasteiger partial charge in [-0.2, -0.15) is 4.31 Å². The maximum atomic E-state index is 12.8. The second-order valence-electron chi connectivity index (χ2n) is 6.28. The van der Waals surface area contributed by atoms with Crippen molar-refractivity contribution >= 4 is 39.9 Å². The average Bonchev–Trinajstić information content (AvgIpc) is 2.60. The summed E-state index contributed by atoms with van der Waals surface area (Å²) in [4.78, 5) is 14.7. The first-order valence-electron chi connectivity index (χ1n) is 8.58. The number of sulfonamides is 1. The lowest BCUT2D eigenvalue weighted by Crippen LogP contribution is -2.49. The van der Waals surface area contributed by atoms with E-state index in [-0.39, 0.29) is 35.8 Å². The van der Waals surface area contributed by atoms with Gasteiger partial charge in [-0.25, -0.2) is 8.42 Å². The summed E-state index contributed by atoms with van der Waals surface area (Å²) in [7, 11) is -2.28. The monoisotopic (exact) mass is 423 g/mol. The predicted molar refractivity (Wildman–Crippen MR) is 106 cm³/mol. The van der Waals surface area contributed by atoms with Crippen LogP contribution in [0.15, 0.2) is 29.2 Å². The van der Waals surface area contributed by atoms with Crippen molar-refractivity contribution in [1.29, 1.82) is 0 Å². The van der Waals surface area contributed by atoms with E-state index in [9.17, 15) is 13.2 Å². The molecule has 0 radical (unpaired) electrons. The molecule has 6 nitrogen and oxygen atoms in total. The molecular formula is C17H27Cl2N3O3S. The van der Waals surface area contributed by atoms with E-state index >= 15 is 0 Å². The molecule has 1 heterocycles. The highest BCUT2D eigenvalue weighted by Gasteiger charge is 2.29. The van der Waals surface area contributed by atoms with Crippen LogP contribution in [0, 0.1) is 0 Å². The average molecular weight is 424 g/mol. The molecule has 0 atom stereocenters. The van der Waals surface area contributed by atoms with Gasteiger partial charge in [-0.3, -0.25) is 4.79 Å². The second kappa shape index (κ2) is 10.5. The normalized spacial score (nSPS) is 15.5. The highest BCUT2D eigenvalue weighted by atomic mass is 35.5. The highest BCUT2D eigenvalue weighted by molar-refractivity contribution is 7.89. The number of carbonyl (C=O) groups is 1. The fourth-order valence-electron chi connectivity index (χ4n) is 3.02. The number of hydrogen-bond donors (Lipinski definition) is 1. The molecule has 1 fully saturated rings. The fourth-order valence-corrected chi connectivity index (χ4v) is 4.27. The van der Waals surface area contributed by atoms with Crippen molar-refractivity contribution in [1.82, 2.24) is 14.5 Å². The van der Waals surface area contributed by atoms with E-state index in [2.05, 4.69) is 5.32 Å². The zero-order chi connectivity index (χ0) is 18.4. The molecule has 1 aromatic rings. The number of nitrogens with zero attached hydrogens (tertiary/aromatic N) is 2. The first kappa shape index (κ1) is 23.2. The van der Waals surface area contributed by atoms with Crippen molar-refractivity contribution in [2.24, 2.45) is 0 Å². The third kappa shape index (κ3) is 5.82. The maximum Gasteiger partial charge on any atom is 0.243 e. The molecule has 148 valence electrons. The van der Waals surface area contributed by atoms with Crippen LogP contribution in [0.3, 0.4) is 0 Å². The molecule has 1 aliphatic heterocycles. The number of hydrogen-bond acceptors (Lipinski definition) is 4. The Bertz CT molecular complexity index is 677. The summed E-state index contributed by atoms with van der Waals surface area (Å²) >= 11 is 5.81. The van der Waals surface area contributed by atoms with Gasteiger partial charge in [0, 0.05) is 24.7 Å². The van der Waals surface area contributed by atoms with Crippen LogP contribution in [-0.4, -0.2) is 62.8 Å². The van der Waals surface area contributed by atoms with Crippen molar-refractivity contribution in [2.75, 3.05) is 33.2 Å². The van der Waals surface area contributed by atoms with Gasteiger partial charge in [-0.1, -0.05) is 18.5 Å². The van der Waals surface area contributed by atoms with E-state index in [0.717, 1.165) is 36.7 Å². The molecule has 1 N–H and O–H groups in total. The van der Waals surface area contributed by atoms with Gasteiger partial charge >= 0.3 is 0 Å². The van der Waals surface area contributed by atoms with Gasteiger partial charge in [-0.15, -0.1) is 12.4 Å². The molecule has 1 aliphatic rings. The molecule has 0 saturated carbocycles. The Morgan fingerprint density at radius 3 is 2.35 bits per heavy atom. The topological polar surface area (TPSA) is 69.7 Å². The van der Waals surface area contributed by atoms with Gasteiger partial charge in [-0.05, 0) is 56.6 Å². The lowest BCUT2D eigenvalue weighted by atomic mass is 10.0. The lowest BCUT2D eigenvalue weighted by molar-refractivity contribution is -0.134. The third-order valence-electron chi connectivity index (χ3n) is 4.41. The maximum absolute atomic E-state index is 12.8. The molecule has 1 amide bonds. The Kier molecular flexibility index (Phi) is 9.33. The first-order valence-corrected chi connectivity index (χ1v) is 10.4. The number of carbonyl (C=O) groups excluding carboxylic acids is 1. The Balaban J connectivity index is 0.00000338. The van der Waals surface area contributed by atoms with Gasteiger partial charge < -0.3 is 10.2 Å². The molecule has 26 heavy (non-hydrogen) atoms. The molecule has 2 rings (SSSR count). The van der Waals surface area contributed by atoms with Gasteiger partial charge in [0.05, 0.1) is 11.4 Å². The summed E-state index contributed by atoms with van der Waals surface area (Å²) in [5.74, 6) is -0.145. The SMILES string of the molecule is CCCN(C(=O)CN(C)S(=O)(=O)c1ccc(Cl)cc1)C1CCNCC1.Cl. The highest BCUT2D eigenvalue weighted by Crippen LogP contribution is 2.19. The number of likely N-dealkylation sites (N-methyl/N-ethyl adjacent to an activating group) is 1. The fraction of sp³-hybridized carbons (Fsp3) is 0.588. The number of piperidine rings is 1. The van der Waals surface area contributed by atoms with E-state index in [1.807, 2.05) is 11.8 Å². The van der Waals surface area contributed by atoms with Crippen LogP contribution in [0.1, 0.15) is 26.2 Å². The minimum absolute atomic E-state index is 0. The van der Waals surface area contributed by atoms with E-state index in [1.165, 1.54) is 31.3 Å². The molecule has 9 heteroatoms. The minimum atomic E-state index is -3.72. The third-order valence-corrected chi connectivity index (χ3v) is 6.48. The summed E-state index contributed by atoms with van der Waals surface area (Å²) < 4.78 is 26.4. The molecule has 0 spiro atoms. The van der Waals surface area contributed by atoms with Crippen LogP contribution >= 0.6 is 24.0 Å². The molecular weight excluding hydrogens is 397 g/mol. The molecule has 0 unspecified atom stereocenters. The van der Waals surface area contributed by atoms with Crippen LogP contribution in [0.4, 0.5) is 0 Å². The van der Waals surface area contributed by atoms with Crippen molar-refractivity contribution in [3.8, 4) is 0 Å². The molecule has 1 aromatic carbocycles. The van der Waals surface area contributed by atoms with E-state index in [4.69, 9.17) is 11.6 Å². The van der Waals surface area contributed by atoms with E-state index < -0.39 is 10.0 Å². The van der Waals surface area contributed by atoms with Crippen LogP contribution in [0.2, 0.25) is 5.02 Å². The standard InChI is InChI=1S/C17H26ClN3O3S.ClH/c1-3-12-21(15-8-10-19-11-9-15)17(22)13-20(2)25(23,24)16-6-4-14(18)5-7-16;/h4-7,15,19H,3,8-13H2,1-2H3;1H. The largest absolute Gasteiger partial charge is 0.338 e. The van der Waals surface area contributed by atoms with Crippen molar-refractivity contribution in [3.63, 3.8) is 0 Å². The number of halogens is 2. The lowest BCUT2D eigenvalue weighted by Gasteiger charge is -2.35. The van der Waals surface area contributed by atoms with Gasteiger partial charge in [0.2, 0.25) is 15.9 Å². The zero-order valence-corrected chi connectivity index (χ0v) is 17.5. The first-order chi connectivity index (χ1) is 11.9. The Hall–Kier alpha value is -0.860. The molecule has 1 saturated heterocycles. The summed E-state index contributed by atoms with van der Waals surface area (Å²) in [6.45, 7) is 4.29. The van der Waals surface area contributed by atoms with Crippen LogP contribution in [0.25, 0.3) is 0 Å². The van der Waals surface area contributed by atoms with E-state index in [0.29, 0.717) is 11.6 Å². The van der Waals surface area contributed by atoms with Crippen molar-refractivity contribution < 1.29 is 13.2 Å². The summed E-state index contributed by atoms with van der Waals surface area (Å²) in [5, 5.41) is 3.76. The molecule has 0 aromatic heterocycles. The molecule has 0 aliphatic carbocycles. The van der Waals surface area contributed by atoms with Crippen molar-refractivity contribution in [2.45, 2.75) is 37.1 Å².